The second kappa shape index (κ2) is 4.84. The summed E-state index contributed by atoms with van der Waals surface area (Å²) in [4.78, 5) is 19.6. The maximum atomic E-state index is 10.1. The number of Topliss-reactive ketones (excluding diaryl/α,β-unsaturated/α-hetero) is 1. The van der Waals surface area contributed by atoms with Gasteiger partial charge in [0.2, 0.25) is 5.78 Å². The van der Waals surface area contributed by atoms with Gasteiger partial charge in [0.25, 0.3) is 6.29 Å². The van der Waals surface area contributed by atoms with E-state index in [1.165, 1.54) is 18.0 Å². The Balaban J connectivity index is 3.11. The summed E-state index contributed by atoms with van der Waals surface area (Å²) in [6, 6.07) is 0. The first-order valence-electron chi connectivity index (χ1n) is 2.30. The number of ketones is 1. The molecule has 0 aromatic rings. The van der Waals surface area contributed by atoms with Gasteiger partial charge >= 0.3 is 0 Å². The highest BCUT2D eigenvalue weighted by atomic mass is 32.2. The van der Waals surface area contributed by atoms with Gasteiger partial charge < -0.3 is 0 Å². The molecule has 0 aromatic heterocycles. The average Bonchev–Trinajstić information content (AvgIpc) is 1.83. The number of carbonyl (C=O) groups excluding carboxylic acids is 2. The Morgan fingerprint density at radius 2 is 2.38 bits per heavy atom. The third kappa shape index (κ3) is 3.87. The number of hydrogen-bond donors (Lipinski definition) is 0. The van der Waals surface area contributed by atoms with Crippen molar-refractivity contribution < 1.29 is 9.59 Å². The molecule has 0 N–H and O–H groups in total. The van der Waals surface area contributed by atoms with Crippen LogP contribution >= 0.6 is 11.8 Å². The van der Waals surface area contributed by atoms with Gasteiger partial charge in [-0.05, 0) is 5.75 Å². The van der Waals surface area contributed by atoms with E-state index in [1.807, 2.05) is 6.92 Å². The molecule has 0 atom stereocenters. The fourth-order valence-electron chi connectivity index (χ4n) is 0.224. The van der Waals surface area contributed by atoms with Crippen LogP contribution in [0.3, 0.4) is 0 Å². The van der Waals surface area contributed by atoms with Crippen LogP contribution < -0.4 is 0 Å². The summed E-state index contributed by atoms with van der Waals surface area (Å²) in [6.45, 7) is 1.93. The Hall–Kier alpha value is -0.310. The standard InChI is InChI=1S/C5H7O2S/c1-2-8-4-5(7)3-6/h2,4H2,1H3. The fraction of sp³-hybridized carbons (Fsp3) is 0.600. The molecule has 0 spiro atoms. The maximum absolute atomic E-state index is 10.1. The summed E-state index contributed by atoms with van der Waals surface area (Å²) in [5, 5.41) is 0. The molecule has 0 heterocycles. The normalized spacial score (nSPS) is 8.62. The quantitative estimate of drug-likeness (QED) is 0.518. The fourth-order valence-corrected chi connectivity index (χ4v) is 0.673. The van der Waals surface area contributed by atoms with Gasteiger partial charge in [0.15, 0.2) is 0 Å². The summed E-state index contributed by atoms with van der Waals surface area (Å²) in [5.74, 6) is 0.699. The lowest BCUT2D eigenvalue weighted by Crippen LogP contribution is -2.01. The van der Waals surface area contributed by atoms with Crippen molar-refractivity contribution >= 4 is 23.8 Å². The van der Waals surface area contributed by atoms with Crippen molar-refractivity contribution in [3.8, 4) is 0 Å². The van der Waals surface area contributed by atoms with Gasteiger partial charge in [-0.1, -0.05) is 6.92 Å². The molecule has 0 rings (SSSR count). The molecular formula is C5H7O2S. The van der Waals surface area contributed by atoms with Crippen molar-refractivity contribution in [1.29, 1.82) is 0 Å². The van der Waals surface area contributed by atoms with Crippen LogP contribution in [0.15, 0.2) is 0 Å². The minimum absolute atomic E-state index is 0.278. The van der Waals surface area contributed by atoms with Crippen LogP contribution in [-0.2, 0) is 9.59 Å². The summed E-state index contributed by atoms with van der Waals surface area (Å²) < 4.78 is 0. The first-order valence-corrected chi connectivity index (χ1v) is 3.45. The lowest BCUT2D eigenvalue weighted by molar-refractivity contribution is -0.110. The number of rotatable bonds is 4. The van der Waals surface area contributed by atoms with Gasteiger partial charge in [0, 0.05) is 0 Å². The van der Waals surface area contributed by atoms with Crippen molar-refractivity contribution in [2.75, 3.05) is 11.5 Å². The Morgan fingerprint density at radius 3 is 2.75 bits per heavy atom. The molecular weight excluding hydrogens is 124 g/mol. The van der Waals surface area contributed by atoms with Crippen LogP contribution in [-0.4, -0.2) is 23.6 Å². The molecule has 0 aromatic carbocycles. The van der Waals surface area contributed by atoms with Gasteiger partial charge in [-0.2, -0.15) is 11.8 Å². The van der Waals surface area contributed by atoms with E-state index < -0.39 is 5.78 Å². The molecule has 45 valence electrons. The summed E-state index contributed by atoms with van der Waals surface area (Å²) in [6.07, 6.45) is 1.29. The molecule has 0 aliphatic heterocycles. The van der Waals surface area contributed by atoms with Crippen molar-refractivity contribution in [2.24, 2.45) is 0 Å². The predicted octanol–water partition coefficient (Wildman–Crippen LogP) is 0.418. The molecule has 1 radical (unpaired) electrons. The van der Waals surface area contributed by atoms with Crippen LogP contribution in [0.2, 0.25) is 0 Å². The molecule has 3 heteroatoms. The van der Waals surface area contributed by atoms with Gasteiger partial charge in [0.05, 0.1) is 5.75 Å². The van der Waals surface area contributed by atoms with E-state index in [4.69, 9.17) is 0 Å². The third-order valence-electron chi connectivity index (χ3n) is 0.551. The van der Waals surface area contributed by atoms with Crippen LogP contribution in [0.25, 0.3) is 0 Å². The Bertz CT molecular complexity index is 90.4. The highest BCUT2D eigenvalue weighted by Gasteiger charge is 1.96. The van der Waals surface area contributed by atoms with Crippen molar-refractivity contribution in [3.05, 3.63) is 0 Å². The Morgan fingerprint density at radius 1 is 1.75 bits per heavy atom. The maximum Gasteiger partial charge on any atom is 0.273 e. The molecule has 8 heavy (non-hydrogen) atoms. The molecule has 0 aliphatic rings. The molecule has 0 bridgehead atoms. The highest BCUT2D eigenvalue weighted by Crippen LogP contribution is 1.95. The van der Waals surface area contributed by atoms with E-state index in [2.05, 4.69) is 0 Å². The second-order valence-corrected chi connectivity index (χ2v) is 2.44. The third-order valence-corrected chi connectivity index (χ3v) is 1.43. The minimum Gasteiger partial charge on any atom is -0.289 e. The summed E-state index contributed by atoms with van der Waals surface area (Å²) in [7, 11) is 0. The molecule has 0 aliphatic carbocycles. The molecule has 0 saturated carbocycles. The predicted molar refractivity (Wildman–Crippen MR) is 33.7 cm³/mol. The molecule has 0 saturated heterocycles. The van der Waals surface area contributed by atoms with E-state index in [1.54, 1.807) is 0 Å². The zero-order valence-electron chi connectivity index (χ0n) is 4.64. The van der Waals surface area contributed by atoms with Crippen molar-refractivity contribution in [2.45, 2.75) is 6.92 Å². The van der Waals surface area contributed by atoms with Crippen molar-refractivity contribution in [3.63, 3.8) is 0 Å². The lowest BCUT2D eigenvalue weighted by atomic mass is 10.5. The topological polar surface area (TPSA) is 34.1 Å². The van der Waals surface area contributed by atoms with E-state index in [-0.39, 0.29) is 5.75 Å². The van der Waals surface area contributed by atoms with Crippen molar-refractivity contribution in [1.82, 2.24) is 0 Å². The van der Waals surface area contributed by atoms with Crippen LogP contribution in [0, 0.1) is 0 Å². The van der Waals surface area contributed by atoms with E-state index >= 15 is 0 Å². The SMILES string of the molecule is CCSCC(=O)[C]=O. The number of thioether (sulfide) groups is 1. The molecule has 0 fully saturated rings. The Kier molecular flexibility index (Phi) is 4.65. The van der Waals surface area contributed by atoms with Crippen LogP contribution in [0.1, 0.15) is 6.92 Å². The number of carbonyl (C=O) groups is 1. The van der Waals surface area contributed by atoms with E-state index in [0.717, 1.165) is 5.75 Å². The summed E-state index contributed by atoms with van der Waals surface area (Å²) in [5.41, 5.74) is 0. The van der Waals surface area contributed by atoms with Gasteiger partial charge in [-0.3, -0.25) is 9.59 Å². The zero-order valence-corrected chi connectivity index (χ0v) is 5.46. The molecule has 2 nitrogen and oxygen atoms in total. The van der Waals surface area contributed by atoms with Crippen LogP contribution in [0.4, 0.5) is 0 Å². The van der Waals surface area contributed by atoms with Crippen LogP contribution in [0.5, 0.6) is 0 Å². The zero-order chi connectivity index (χ0) is 6.41. The molecule has 0 amide bonds. The van der Waals surface area contributed by atoms with Gasteiger partial charge in [-0.25, -0.2) is 0 Å². The first kappa shape index (κ1) is 7.69. The van der Waals surface area contributed by atoms with E-state index in [9.17, 15) is 9.59 Å². The smallest absolute Gasteiger partial charge is 0.273 e. The van der Waals surface area contributed by atoms with E-state index in [0.29, 0.717) is 0 Å². The minimum atomic E-state index is -0.447. The highest BCUT2D eigenvalue weighted by molar-refractivity contribution is 8.00. The molecule has 0 unspecified atom stereocenters. The van der Waals surface area contributed by atoms with Gasteiger partial charge in [-0.15, -0.1) is 0 Å². The Labute approximate surface area is 52.6 Å². The monoisotopic (exact) mass is 131 g/mol. The lowest BCUT2D eigenvalue weighted by Gasteiger charge is -1.85. The average molecular weight is 131 g/mol. The first-order chi connectivity index (χ1) is 3.81. The summed E-state index contributed by atoms with van der Waals surface area (Å²) >= 11 is 1.43. The second-order valence-electron chi connectivity index (χ2n) is 1.16. The van der Waals surface area contributed by atoms with Gasteiger partial charge in [0.1, 0.15) is 0 Å². The number of hydrogen-bond acceptors (Lipinski definition) is 3. The largest absolute Gasteiger partial charge is 0.289 e.